The monoisotopic (exact) mass is 169 g/mol. The van der Waals surface area contributed by atoms with Gasteiger partial charge in [-0.1, -0.05) is 13.8 Å². The molecule has 0 fully saturated rings. The predicted molar refractivity (Wildman–Crippen MR) is 45.8 cm³/mol. The Labute approximate surface area is 72.2 Å². The van der Waals surface area contributed by atoms with Crippen molar-refractivity contribution in [1.82, 2.24) is 10.2 Å². The topological polar surface area (TPSA) is 64.9 Å². The average molecular weight is 169 g/mol. The number of hydrogen-bond donors (Lipinski definition) is 1. The van der Waals surface area contributed by atoms with Crippen LogP contribution in [0.3, 0.4) is 0 Å². The van der Waals surface area contributed by atoms with Crippen LogP contribution in [0.5, 0.6) is 0 Å². The average Bonchev–Trinajstić information content (AvgIpc) is 2.52. The van der Waals surface area contributed by atoms with E-state index < -0.39 is 0 Å². The van der Waals surface area contributed by atoms with Crippen LogP contribution < -0.4 is 5.73 Å². The van der Waals surface area contributed by atoms with Gasteiger partial charge in [-0.05, 0) is 6.42 Å². The second kappa shape index (κ2) is 4.21. The van der Waals surface area contributed by atoms with Crippen LogP contribution in [0.4, 0.5) is 0 Å². The van der Waals surface area contributed by atoms with Crippen molar-refractivity contribution in [2.24, 2.45) is 5.73 Å². The minimum absolute atomic E-state index is 0.351. The molecule has 1 aromatic rings. The molecule has 0 aliphatic carbocycles. The van der Waals surface area contributed by atoms with Crippen LogP contribution in [0, 0.1) is 0 Å². The molecule has 0 saturated heterocycles. The van der Waals surface area contributed by atoms with Gasteiger partial charge in [0.2, 0.25) is 11.8 Å². The van der Waals surface area contributed by atoms with Crippen LogP contribution in [0.25, 0.3) is 0 Å². The molecule has 0 radical (unpaired) electrons. The molecule has 1 unspecified atom stereocenters. The summed E-state index contributed by atoms with van der Waals surface area (Å²) in [4.78, 5) is 0. The first-order valence-electron chi connectivity index (χ1n) is 4.30. The highest BCUT2D eigenvalue weighted by atomic mass is 16.4. The van der Waals surface area contributed by atoms with Gasteiger partial charge >= 0.3 is 0 Å². The molecular weight excluding hydrogens is 154 g/mol. The highest BCUT2D eigenvalue weighted by Gasteiger charge is 2.10. The smallest absolute Gasteiger partial charge is 0.219 e. The van der Waals surface area contributed by atoms with E-state index in [1.807, 2.05) is 0 Å². The van der Waals surface area contributed by atoms with Crippen LogP contribution in [0.2, 0.25) is 0 Å². The van der Waals surface area contributed by atoms with Gasteiger partial charge in [0.05, 0.1) is 0 Å². The van der Waals surface area contributed by atoms with E-state index in [-0.39, 0.29) is 0 Å². The largest absolute Gasteiger partial charge is 0.425 e. The van der Waals surface area contributed by atoms with Crippen molar-refractivity contribution >= 4 is 0 Å². The summed E-state index contributed by atoms with van der Waals surface area (Å²) in [5, 5.41) is 7.81. The molecule has 0 spiro atoms. The van der Waals surface area contributed by atoms with Crippen molar-refractivity contribution in [2.75, 3.05) is 6.54 Å². The maximum Gasteiger partial charge on any atom is 0.219 e. The molecule has 0 aromatic carbocycles. The Bertz CT molecular complexity index is 234. The quantitative estimate of drug-likeness (QED) is 0.732. The van der Waals surface area contributed by atoms with Gasteiger partial charge < -0.3 is 10.2 Å². The third kappa shape index (κ3) is 2.04. The molecule has 0 amide bonds. The normalized spacial score (nSPS) is 13.2. The molecule has 2 N–H and O–H groups in total. The molecule has 0 aliphatic heterocycles. The molecule has 1 heterocycles. The Morgan fingerprint density at radius 2 is 2.25 bits per heavy atom. The number of aromatic nitrogens is 2. The van der Waals surface area contributed by atoms with E-state index in [0.717, 1.165) is 12.3 Å². The number of nitrogens with zero attached hydrogens (tertiary/aromatic N) is 2. The standard InChI is InChI=1S/C8H15N3O/c1-3-6(2)8-11-10-7(12-8)4-5-9/h6H,3-5,9H2,1-2H3. The van der Waals surface area contributed by atoms with Crippen molar-refractivity contribution in [3.63, 3.8) is 0 Å². The van der Waals surface area contributed by atoms with Gasteiger partial charge in [0, 0.05) is 18.9 Å². The second-order valence-corrected chi connectivity index (χ2v) is 2.88. The van der Waals surface area contributed by atoms with E-state index >= 15 is 0 Å². The van der Waals surface area contributed by atoms with Gasteiger partial charge in [-0.25, -0.2) is 0 Å². The van der Waals surface area contributed by atoms with Gasteiger partial charge in [-0.2, -0.15) is 0 Å². The number of nitrogens with two attached hydrogens (primary N) is 1. The summed E-state index contributed by atoms with van der Waals surface area (Å²) < 4.78 is 5.37. The van der Waals surface area contributed by atoms with Crippen LogP contribution >= 0.6 is 0 Å². The first kappa shape index (κ1) is 9.19. The highest BCUT2D eigenvalue weighted by molar-refractivity contribution is 4.88. The molecule has 4 nitrogen and oxygen atoms in total. The molecule has 1 rings (SSSR count). The lowest BCUT2D eigenvalue weighted by atomic mass is 10.1. The van der Waals surface area contributed by atoms with Gasteiger partial charge in [0.1, 0.15) is 0 Å². The van der Waals surface area contributed by atoms with Gasteiger partial charge in [-0.15, -0.1) is 10.2 Å². The fraction of sp³-hybridized carbons (Fsp3) is 0.750. The molecule has 0 aliphatic rings. The van der Waals surface area contributed by atoms with Crippen molar-refractivity contribution < 1.29 is 4.42 Å². The zero-order chi connectivity index (χ0) is 8.97. The van der Waals surface area contributed by atoms with Crippen molar-refractivity contribution in [3.05, 3.63) is 11.8 Å². The molecule has 1 atom stereocenters. The number of rotatable bonds is 4. The summed E-state index contributed by atoms with van der Waals surface area (Å²) in [6.45, 7) is 4.72. The zero-order valence-corrected chi connectivity index (χ0v) is 7.58. The maximum atomic E-state index is 5.37. The molecule has 0 bridgehead atoms. The van der Waals surface area contributed by atoms with Crippen molar-refractivity contribution in [2.45, 2.75) is 32.6 Å². The van der Waals surface area contributed by atoms with E-state index in [2.05, 4.69) is 24.0 Å². The zero-order valence-electron chi connectivity index (χ0n) is 7.58. The molecule has 4 heteroatoms. The lowest BCUT2D eigenvalue weighted by Crippen LogP contribution is -2.02. The highest BCUT2D eigenvalue weighted by Crippen LogP contribution is 2.16. The Balaban J connectivity index is 2.63. The Hall–Kier alpha value is -0.900. The first-order chi connectivity index (χ1) is 5.77. The number of hydrogen-bond acceptors (Lipinski definition) is 4. The van der Waals surface area contributed by atoms with E-state index in [0.29, 0.717) is 24.8 Å². The SMILES string of the molecule is CCC(C)c1nnc(CCN)o1. The molecule has 0 saturated carbocycles. The van der Waals surface area contributed by atoms with Crippen LogP contribution in [-0.2, 0) is 6.42 Å². The van der Waals surface area contributed by atoms with Crippen LogP contribution in [-0.4, -0.2) is 16.7 Å². The minimum Gasteiger partial charge on any atom is -0.425 e. The summed E-state index contributed by atoms with van der Waals surface area (Å²) in [7, 11) is 0. The third-order valence-electron chi connectivity index (χ3n) is 1.87. The lowest BCUT2D eigenvalue weighted by molar-refractivity contribution is 0.420. The minimum atomic E-state index is 0.351. The molecule has 68 valence electrons. The fourth-order valence-electron chi connectivity index (χ4n) is 0.865. The third-order valence-corrected chi connectivity index (χ3v) is 1.87. The fourth-order valence-corrected chi connectivity index (χ4v) is 0.865. The van der Waals surface area contributed by atoms with E-state index in [1.165, 1.54) is 0 Å². The molecule has 1 aromatic heterocycles. The summed E-state index contributed by atoms with van der Waals surface area (Å²) >= 11 is 0. The summed E-state index contributed by atoms with van der Waals surface area (Å²) in [6.07, 6.45) is 1.69. The lowest BCUT2D eigenvalue weighted by Gasteiger charge is -1.99. The van der Waals surface area contributed by atoms with E-state index in [4.69, 9.17) is 10.2 Å². The van der Waals surface area contributed by atoms with Crippen LogP contribution in [0.15, 0.2) is 4.42 Å². The Kier molecular flexibility index (Phi) is 3.22. The molecular formula is C8H15N3O. The first-order valence-corrected chi connectivity index (χ1v) is 4.30. The molecule has 12 heavy (non-hydrogen) atoms. The van der Waals surface area contributed by atoms with Crippen molar-refractivity contribution in [1.29, 1.82) is 0 Å². The second-order valence-electron chi connectivity index (χ2n) is 2.88. The predicted octanol–water partition coefficient (Wildman–Crippen LogP) is 1.08. The summed E-state index contributed by atoms with van der Waals surface area (Å²) in [6, 6.07) is 0. The van der Waals surface area contributed by atoms with E-state index in [1.54, 1.807) is 0 Å². The summed E-state index contributed by atoms with van der Waals surface area (Å²) in [5.74, 6) is 1.72. The van der Waals surface area contributed by atoms with Crippen LogP contribution in [0.1, 0.15) is 38.0 Å². The maximum absolute atomic E-state index is 5.37. The van der Waals surface area contributed by atoms with Gasteiger partial charge in [0.15, 0.2) is 0 Å². The summed E-state index contributed by atoms with van der Waals surface area (Å²) in [5.41, 5.74) is 5.35. The Morgan fingerprint density at radius 3 is 2.83 bits per heavy atom. The van der Waals surface area contributed by atoms with Gasteiger partial charge in [0.25, 0.3) is 0 Å². The van der Waals surface area contributed by atoms with Crippen molar-refractivity contribution in [3.8, 4) is 0 Å². The van der Waals surface area contributed by atoms with E-state index in [9.17, 15) is 0 Å². The van der Waals surface area contributed by atoms with Gasteiger partial charge in [-0.3, -0.25) is 0 Å². The Morgan fingerprint density at radius 1 is 1.50 bits per heavy atom.